The van der Waals surface area contributed by atoms with Gasteiger partial charge in [0.25, 0.3) is 17.5 Å². The number of rotatable bonds is 9. The molecule has 2 aliphatic rings. The second kappa shape index (κ2) is 13.5. The SMILES string of the molecule is O=C(c1ccc(C(F)(F)F)cc1)N(CCN1CCOCC1)CC(=O)N1N=C(c2ccc(F)cc2)CC1c1cccc([N+](=O)[O-])c1. The van der Waals surface area contributed by atoms with Crippen LogP contribution in [-0.2, 0) is 15.7 Å². The summed E-state index contributed by atoms with van der Waals surface area (Å²) in [5, 5.41) is 17.2. The zero-order valence-corrected chi connectivity index (χ0v) is 24.0. The molecule has 0 spiro atoms. The summed E-state index contributed by atoms with van der Waals surface area (Å²) in [4.78, 5) is 41.7. The van der Waals surface area contributed by atoms with Gasteiger partial charge < -0.3 is 9.64 Å². The Labute approximate surface area is 255 Å². The molecule has 5 rings (SSSR count). The number of benzene rings is 3. The number of hydrogen-bond acceptors (Lipinski definition) is 7. The van der Waals surface area contributed by atoms with Gasteiger partial charge in [0, 0.05) is 50.3 Å². The highest BCUT2D eigenvalue weighted by molar-refractivity contribution is 6.03. The lowest BCUT2D eigenvalue weighted by Gasteiger charge is -2.31. The van der Waals surface area contributed by atoms with E-state index in [4.69, 9.17) is 4.74 Å². The fraction of sp³-hybridized carbons (Fsp3) is 0.323. The number of non-ortho nitro benzene ring substituents is 1. The third kappa shape index (κ3) is 7.70. The van der Waals surface area contributed by atoms with Gasteiger partial charge in [-0.25, -0.2) is 9.40 Å². The Hall–Kier alpha value is -4.69. The van der Waals surface area contributed by atoms with E-state index in [9.17, 15) is 37.3 Å². The number of nitro groups is 1. The molecule has 0 N–H and O–H groups in total. The van der Waals surface area contributed by atoms with Gasteiger partial charge in [-0.1, -0.05) is 24.3 Å². The minimum Gasteiger partial charge on any atom is -0.379 e. The van der Waals surface area contributed by atoms with E-state index in [2.05, 4.69) is 5.10 Å². The molecule has 2 amide bonds. The first kappa shape index (κ1) is 31.7. The fourth-order valence-electron chi connectivity index (χ4n) is 5.22. The third-order valence-corrected chi connectivity index (χ3v) is 7.67. The number of carbonyl (C=O) groups excluding carboxylic acids is 2. The number of hydrazone groups is 1. The molecule has 10 nitrogen and oxygen atoms in total. The topological polar surface area (TPSA) is 109 Å². The van der Waals surface area contributed by atoms with Crippen molar-refractivity contribution in [3.63, 3.8) is 0 Å². The third-order valence-electron chi connectivity index (χ3n) is 7.67. The number of carbonyl (C=O) groups is 2. The van der Waals surface area contributed by atoms with Gasteiger partial charge in [0.05, 0.1) is 35.5 Å². The number of nitrogens with zero attached hydrogens (tertiary/aromatic N) is 5. The van der Waals surface area contributed by atoms with Gasteiger partial charge in [-0.3, -0.25) is 24.6 Å². The van der Waals surface area contributed by atoms with Crippen LogP contribution < -0.4 is 0 Å². The van der Waals surface area contributed by atoms with Gasteiger partial charge >= 0.3 is 6.18 Å². The molecule has 1 atom stereocenters. The van der Waals surface area contributed by atoms with Crippen molar-refractivity contribution >= 4 is 23.2 Å². The summed E-state index contributed by atoms with van der Waals surface area (Å²) >= 11 is 0. The molecule has 0 aliphatic carbocycles. The predicted octanol–water partition coefficient (Wildman–Crippen LogP) is 4.91. The van der Waals surface area contributed by atoms with Crippen molar-refractivity contribution in [2.24, 2.45) is 5.10 Å². The first-order chi connectivity index (χ1) is 21.5. The van der Waals surface area contributed by atoms with Gasteiger partial charge in [-0.05, 0) is 47.5 Å². The number of ether oxygens (including phenoxy) is 1. The number of halogens is 4. The molecule has 45 heavy (non-hydrogen) atoms. The minimum absolute atomic E-state index is 0.0232. The summed E-state index contributed by atoms with van der Waals surface area (Å²) < 4.78 is 58.4. The number of nitro benzene ring substituents is 1. The summed E-state index contributed by atoms with van der Waals surface area (Å²) in [6.07, 6.45) is -4.41. The van der Waals surface area contributed by atoms with E-state index in [0.717, 1.165) is 24.3 Å². The van der Waals surface area contributed by atoms with Gasteiger partial charge in [-0.15, -0.1) is 0 Å². The van der Waals surface area contributed by atoms with E-state index in [-0.39, 0.29) is 24.2 Å². The monoisotopic (exact) mass is 627 g/mol. The molecule has 236 valence electrons. The highest BCUT2D eigenvalue weighted by Crippen LogP contribution is 2.35. The largest absolute Gasteiger partial charge is 0.416 e. The molecule has 0 radical (unpaired) electrons. The Morgan fingerprint density at radius 1 is 1.02 bits per heavy atom. The van der Waals surface area contributed by atoms with E-state index in [1.165, 1.54) is 52.4 Å². The lowest BCUT2D eigenvalue weighted by molar-refractivity contribution is -0.385. The number of morpholine rings is 1. The van der Waals surface area contributed by atoms with Crippen LogP contribution in [-0.4, -0.2) is 83.2 Å². The zero-order chi connectivity index (χ0) is 32.1. The van der Waals surface area contributed by atoms with Crippen molar-refractivity contribution < 1.29 is 36.8 Å². The smallest absolute Gasteiger partial charge is 0.379 e. The average Bonchev–Trinajstić information content (AvgIpc) is 3.49. The Bertz CT molecular complexity index is 1570. The van der Waals surface area contributed by atoms with Crippen LogP contribution in [0.1, 0.15) is 39.5 Å². The summed E-state index contributed by atoms with van der Waals surface area (Å²) in [6.45, 7) is 2.26. The summed E-state index contributed by atoms with van der Waals surface area (Å²) in [6, 6.07) is 14.3. The van der Waals surface area contributed by atoms with Gasteiger partial charge in [0.2, 0.25) is 0 Å². The minimum atomic E-state index is -4.58. The first-order valence-electron chi connectivity index (χ1n) is 14.2. The molecule has 1 saturated heterocycles. The quantitative estimate of drug-likeness (QED) is 0.190. The van der Waals surface area contributed by atoms with E-state index in [0.29, 0.717) is 49.7 Å². The van der Waals surface area contributed by atoms with Crippen molar-refractivity contribution in [2.45, 2.75) is 18.6 Å². The first-order valence-corrected chi connectivity index (χ1v) is 14.2. The van der Waals surface area contributed by atoms with Crippen LogP contribution in [0.5, 0.6) is 0 Å². The van der Waals surface area contributed by atoms with Crippen LogP contribution in [0.3, 0.4) is 0 Å². The molecular weight excluding hydrogens is 598 g/mol. The van der Waals surface area contributed by atoms with Gasteiger partial charge in [0.1, 0.15) is 12.4 Å². The van der Waals surface area contributed by atoms with Crippen molar-refractivity contribution in [2.75, 3.05) is 45.9 Å². The molecule has 3 aromatic rings. The molecule has 3 aromatic carbocycles. The van der Waals surface area contributed by atoms with E-state index in [1.54, 1.807) is 6.07 Å². The lowest BCUT2D eigenvalue weighted by Crippen LogP contribution is -2.46. The standard InChI is InChI=1S/C31H29F4N5O5/c32-25-10-6-21(7-11-25)27-19-28(23-2-1-3-26(18-23)40(43)44)39(36-27)29(41)20-38(13-12-37-14-16-45-17-15-37)30(42)22-4-8-24(9-5-22)31(33,34)35/h1-11,18,28H,12-17,19-20H2. The summed E-state index contributed by atoms with van der Waals surface area (Å²) in [7, 11) is 0. The molecule has 0 saturated carbocycles. The van der Waals surface area contributed by atoms with Crippen molar-refractivity contribution in [3.8, 4) is 0 Å². The number of alkyl halides is 3. The van der Waals surface area contributed by atoms with Crippen LogP contribution >= 0.6 is 0 Å². The molecule has 0 aromatic heterocycles. The zero-order valence-electron chi connectivity index (χ0n) is 24.0. The number of amides is 2. The molecule has 1 fully saturated rings. The van der Waals surface area contributed by atoms with E-state index < -0.39 is 46.9 Å². The van der Waals surface area contributed by atoms with E-state index in [1.807, 2.05) is 4.90 Å². The highest BCUT2D eigenvalue weighted by atomic mass is 19.4. The molecule has 2 heterocycles. The maximum atomic E-state index is 13.9. The van der Waals surface area contributed by atoms with Crippen LogP contribution in [0.2, 0.25) is 0 Å². The molecule has 1 unspecified atom stereocenters. The van der Waals surface area contributed by atoms with Crippen LogP contribution in [0.4, 0.5) is 23.2 Å². The normalized spacial score (nSPS) is 17.2. The second-order valence-corrected chi connectivity index (χ2v) is 10.6. The Morgan fingerprint density at radius 3 is 2.36 bits per heavy atom. The van der Waals surface area contributed by atoms with Crippen molar-refractivity contribution in [1.82, 2.24) is 14.8 Å². The molecule has 0 bridgehead atoms. The van der Waals surface area contributed by atoms with E-state index >= 15 is 0 Å². The van der Waals surface area contributed by atoms with Crippen LogP contribution in [0.15, 0.2) is 77.9 Å². The molecule has 14 heteroatoms. The van der Waals surface area contributed by atoms with Crippen LogP contribution in [0, 0.1) is 15.9 Å². The predicted molar refractivity (Wildman–Crippen MR) is 155 cm³/mol. The molecular formula is C31H29F4N5O5. The maximum Gasteiger partial charge on any atom is 0.416 e. The van der Waals surface area contributed by atoms with Crippen molar-refractivity contribution in [3.05, 3.63) is 111 Å². The Kier molecular flexibility index (Phi) is 9.54. The average molecular weight is 628 g/mol. The highest BCUT2D eigenvalue weighted by Gasteiger charge is 2.36. The summed E-state index contributed by atoms with van der Waals surface area (Å²) in [5.74, 6) is -1.71. The van der Waals surface area contributed by atoms with Gasteiger partial charge in [0.15, 0.2) is 0 Å². The number of hydrogen-bond donors (Lipinski definition) is 0. The molecule has 2 aliphatic heterocycles. The maximum absolute atomic E-state index is 13.9. The van der Waals surface area contributed by atoms with Gasteiger partial charge in [-0.2, -0.15) is 18.3 Å². The Morgan fingerprint density at radius 2 is 1.71 bits per heavy atom. The fourth-order valence-corrected chi connectivity index (χ4v) is 5.22. The van der Waals surface area contributed by atoms with Crippen LogP contribution in [0.25, 0.3) is 0 Å². The lowest BCUT2D eigenvalue weighted by atomic mass is 9.98. The summed E-state index contributed by atoms with van der Waals surface area (Å²) in [5.41, 5.74) is 0.312. The van der Waals surface area contributed by atoms with Crippen molar-refractivity contribution in [1.29, 1.82) is 0 Å². The Balaban J connectivity index is 1.44. The second-order valence-electron chi connectivity index (χ2n) is 10.6.